The number of halogens is 1. The molecule has 0 saturated heterocycles. The topological polar surface area (TPSA) is 78.4 Å². The molecule has 2 amide bonds. The predicted molar refractivity (Wildman–Crippen MR) is 25.5 cm³/mol. The summed E-state index contributed by atoms with van der Waals surface area (Å²) in [5.74, 6) is 0. The van der Waals surface area contributed by atoms with Gasteiger partial charge in [0.2, 0.25) is 0 Å². The number of carbonyl (C=O) groups is 2. The van der Waals surface area contributed by atoms with Crippen molar-refractivity contribution in [2.75, 3.05) is 0 Å². The summed E-state index contributed by atoms with van der Waals surface area (Å²) in [4.78, 5) is 19.2. The van der Waals surface area contributed by atoms with Crippen LogP contribution in [-0.4, -0.2) is 16.6 Å². The average molecular weight is 139 g/mol. The van der Waals surface area contributed by atoms with Gasteiger partial charge in [-0.1, -0.05) is 0 Å². The van der Waals surface area contributed by atoms with Crippen molar-refractivity contribution in [3.8, 4) is 0 Å². The molecule has 3 N–H and O–H groups in total. The number of nitrogens with one attached hydrogen (secondary N) is 2. The van der Waals surface area contributed by atoms with Crippen molar-refractivity contribution in [2.24, 2.45) is 0 Å². The van der Waals surface area contributed by atoms with Crippen LogP contribution in [0.4, 0.5) is 9.59 Å². The first kappa shape index (κ1) is 7.03. The highest BCUT2D eigenvalue weighted by atomic mass is 35.5. The van der Waals surface area contributed by atoms with E-state index < -0.39 is 11.5 Å². The van der Waals surface area contributed by atoms with Gasteiger partial charge < -0.3 is 5.11 Å². The molecule has 0 aromatic rings. The number of hydrogen-bond donors (Lipinski definition) is 3. The molecule has 0 bridgehead atoms. The van der Waals surface area contributed by atoms with Gasteiger partial charge in [-0.05, 0) is 11.6 Å². The Kier molecular flexibility index (Phi) is 2.71. The summed E-state index contributed by atoms with van der Waals surface area (Å²) in [6.45, 7) is 0. The number of carboxylic acid groups (broad SMARTS) is 1. The molecule has 0 saturated carbocycles. The van der Waals surface area contributed by atoms with Crippen molar-refractivity contribution in [3.63, 3.8) is 0 Å². The maximum atomic E-state index is 9.68. The summed E-state index contributed by atoms with van der Waals surface area (Å²) in [5.41, 5.74) is 3.15. The molecule has 0 unspecified atom stereocenters. The standard InChI is InChI=1S/C2H3ClN2O3/c3-1(6)4-5-2(7)8/h5H,(H,4,6)(H,7,8). The minimum absolute atomic E-state index is 0.965. The molecule has 0 fully saturated rings. The fraction of sp³-hybridized carbons (Fsp3) is 0. The maximum Gasteiger partial charge on any atom is 0.423 e. The minimum Gasteiger partial charge on any atom is -0.464 e. The highest BCUT2D eigenvalue weighted by molar-refractivity contribution is 6.62. The lowest BCUT2D eigenvalue weighted by atomic mass is 11.2. The van der Waals surface area contributed by atoms with Crippen LogP contribution >= 0.6 is 11.6 Å². The van der Waals surface area contributed by atoms with E-state index in [0.29, 0.717) is 0 Å². The average Bonchev–Trinajstić information content (AvgIpc) is 1.61. The van der Waals surface area contributed by atoms with Crippen LogP contribution in [0.2, 0.25) is 0 Å². The fourth-order valence-corrected chi connectivity index (χ4v) is 0.150. The molecule has 0 aliphatic carbocycles. The van der Waals surface area contributed by atoms with Gasteiger partial charge in [0.05, 0.1) is 0 Å². The Hall–Kier alpha value is -0.970. The van der Waals surface area contributed by atoms with Crippen molar-refractivity contribution in [2.45, 2.75) is 0 Å². The Balaban J connectivity index is 3.18. The molecule has 46 valence electrons. The second-order valence-electron chi connectivity index (χ2n) is 0.829. The van der Waals surface area contributed by atoms with Crippen LogP contribution in [0.15, 0.2) is 0 Å². The Morgan fingerprint density at radius 1 is 1.38 bits per heavy atom. The van der Waals surface area contributed by atoms with E-state index in [4.69, 9.17) is 5.11 Å². The van der Waals surface area contributed by atoms with E-state index in [0.717, 1.165) is 0 Å². The third-order valence-corrected chi connectivity index (χ3v) is 0.362. The van der Waals surface area contributed by atoms with Gasteiger partial charge >= 0.3 is 11.5 Å². The molecule has 5 nitrogen and oxygen atoms in total. The quantitative estimate of drug-likeness (QED) is 0.253. The normalized spacial score (nSPS) is 7.62. The van der Waals surface area contributed by atoms with Gasteiger partial charge in [-0.25, -0.2) is 10.2 Å². The van der Waals surface area contributed by atoms with E-state index in [9.17, 15) is 9.59 Å². The van der Waals surface area contributed by atoms with Gasteiger partial charge in [-0.2, -0.15) is 0 Å². The minimum atomic E-state index is -1.36. The molecule has 0 aliphatic rings. The molecule has 6 heteroatoms. The van der Waals surface area contributed by atoms with Crippen molar-refractivity contribution < 1.29 is 14.7 Å². The number of amides is 2. The molecule has 0 spiro atoms. The zero-order chi connectivity index (χ0) is 6.57. The second kappa shape index (κ2) is 3.09. The number of hydrogen-bond acceptors (Lipinski definition) is 2. The summed E-state index contributed by atoms with van der Waals surface area (Å²) in [6.07, 6.45) is -1.36. The number of hydrazine groups is 1. The molecular weight excluding hydrogens is 135 g/mol. The van der Waals surface area contributed by atoms with Crippen LogP contribution in [0.25, 0.3) is 0 Å². The predicted octanol–water partition coefficient (Wildman–Crippen LogP) is 0.117. The van der Waals surface area contributed by atoms with Gasteiger partial charge in [0.25, 0.3) is 0 Å². The highest BCUT2D eigenvalue weighted by Crippen LogP contribution is 1.70. The molecule has 0 aliphatic heterocycles. The maximum absolute atomic E-state index is 9.68. The van der Waals surface area contributed by atoms with E-state index in [1.807, 2.05) is 0 Å². The molecule has 8 heavy (non-hydrogen) atoms. The van der Waals surface area contributed by atoms with Crippen LogP contribution in [0.5, 0.6) is 0 Å². The van der Waals surface area contributed by atoms with Crippen molar-refractivity contribution in [1.82, 2.24) is 10.9 Å². The zero-order valence-corrected chi connectivity index (χ0v) is 4.40. The molecule has 0 heterocycles. The highest BCUT2D eigenvalue weighted by Gasteiger charge is 1.93. The Bertz CT molecular complexity index is 99.9. The second-order valence-corrected chi connectivity index (χ2v) is 1.17. The summed E-state index contributed by atoms with van der Waals surface area (Å²) in [5, 5.41) is 6.81. The lowest BCUT2D eigenvalue weighted by Crippen LogP contribution is -2.37. The van der Waals surface area contributed by atoms with Gasteiger partial charge in [0.15, 0.2) is 0 Å². The van der Waals surface area contributed by atoms with Crippen molar-refractivity contribution in [1.29, 1.82) is 0 Å². The zero-order valence-electron chi connectivity index (χ0n) is 3.64. The van der Waals surface area contributed by atoms with Gasteiger partial charge in [-0.15, -0.1) is 0 Å². The lowest BCUT2D eigenvalue weighted by molar-refractivity contribution is 0.189. The molecule has 0 radical (unpaired) electrons. The Morgan fingerprint density at radius 2 is 1.88 bits per heavy atom. The summed E-state index contributed by atoms with van der Waals surface area (Å²) >= 11 is 4.65. The molecule has 0 rings (SSSR count). The summed E-state index contributed by atoms with van der Waals surface area (Å²) < 4.78 is 0. The van der Waals surface area contributed by atoms with Crippen molar-refractivity contribution >= 4 is 23.1 Å². The van der Waals surface area contributed by atoms with Crippen LogP contribution in [0.1, 0.15) is 0 Å². The van der Waals surface area contributed by atoms with E-state index in [2.05, 4.69) is 11.6 Å². The first-order chi connectivity index (χ1) is 3.63. The van der Waals surface area contributed by atoms with Gasteiger partial charge in [0.1, 0.15) is 0 Å². The first-order valence-corrected chi connectivity index (χ1v) is 1.95. The van der Waals surface area contributed by atoms with Crippen LogP contribution < -0.4 is 10.9 Å². The molecule has 0 aromatic heterocycles. The third-order valence-electron chi connectivity index (χ3n) is 0.268. The number of carbonyl (C=O) groups excluding carboxylic acids is 1. The largest absolute Gasteiger partial charge is 0.464 e. The first-order valence-electron chi connectivity index (χ1n) is 1.57. The number of rotatable bonds is 0. The lowest BCUT2D eigenvalue weighted by Gasteiger charge is -1.94. The van der Waals surface area contributed by atoms with Crippen LogP contribution in [-0.2, 0) is 0 Å². The Morgan fingerprint density at radius 3 is 2.00 bits per heavy atom. The SMILES string of the molecule is O=C(O)NNC(=O)Cl. The molecular formula is C2H3ClN2O3. The van der Waals surface area contributed by atoms with Gasteiger partial charge in [-0.3, -0.25) is 10.2 Å². The van der Waals surface area contributed by atoms with Crippen LogP contribution in [0.3, 0.4) is 0 Å². The summed E-state index contributed by atoms with van der Waals surface area (Å²) in [7, 11) is 0. The fourth-order valence-electron chi connectivity index (χ4n) is 0.103. The van der Waals surface area contributed by atoms with E-state index in [1.54, 1.807) is 5.43 Å². The smallest absolute Gasteiger partial charge is 0.423 e. The van der Waals surface area contributed by atoms with E-state index in [1.165, 1.54) is 5.43 Å². The Labute approximate surface area is 49.6 Å². The summed E-state index contributed by atoms with van der Waals surface area (Å²) in [6, 6.07) is 0. The van der Waals surface area contributed by atoms with Crippen molar-refractivity contribution in [3.05, 3.63) is 0 Å². The van der Waals surface area contributed by atoms with Crippen LogP contribution in [0, 0.1) is 0 Å². The van der Waals surface area contributed by atoms with E-state index in [-0.39, 0.29) is 0 Å². The molecule has 0 atom stereocenters. The van der Waals surface area contributed by atoms with E-state index >= 15 is 0 Å². The molecule has 0 aromatic carbocycles. The third kappa shape index (κ3) is 5.03. The monoisotopic (exact) mass is 138 g/mol. The van der Waals surface area contributed by atoms with Gasteiger partial charge in [0, 0.05) is 0 Å².